The second-order valence-electron chi connectivity index (χ2n) is 16.0. The molecule has 6 nitrogen and oxygen atoms in total. The third-order valence-electron chi connectivity index (χ3n) is 11.8. The second kappa shape index (κ2) is 10.6. The number of aromatic nitrogens is 2. The van der Waals surface area contributed by atoms with Crippen molar-refractivity contribution < 1.29 is 18.6 Å². The summed E-state index contributed by atoms with van der Waals surface area (Å²) in [5, 5.41) is 4.85. The van der Waals surface area contributed by atoms with Crippen LogP contribution in [0.5, 0.6) is 0 Å². The molecule has 0 radical (unpaired) electrons. The van der Waals surface area contributed by atoms with Gasteiger partial charge in [0.2, 0.25) is 0 Å². The van der Waals surface area contributed by atoms with Crippen molar-refractivity contribution in [1.82, 2.24) is 9.13 Å². The van der Waals surface area contributed by atoms with E-state index in [0.717, 1.165) is 44.4 Å². The smallest absolute Gasteiger partial charge is 0.399 e. The van der Waals surface area contributed by atoms with Crippen molar-refractivity contribution >= 4 is 68.8 Å². The highest BCUT2D eigenvalue weighted by Crippen LogP contribution is 2.41. The first-order valence-corrected chi connectivity index (χ1v) is 17.6. The van der Waals surface area contributed by atoms with Gasteiger partial charge in [0.25, 0.3) is 0 Å². The summed E-state index contributed by atoms with van der Waals surface area (Å²) in [5.41, 5.74) is 7.04. The van der Waals surface area contributed by atoms with Crippen LogP contribution in [0.3, 0.4) is 0 Å². The predicted molar refractivity (Wildman–Crippen MR) is 207 cm³/mol. The van der Waals surface area contributed by atoms with E-state index in [4.69, 9.17) is 18.6 Å². The fourth-order valence-corrected chi connectivity index (χ4v) is 7.57. The Morgan fingerprint density at radius 1 is 0.380 bits per heavy atom. The van der Waals surface area contributed by atoms with Gasteiger partial charge in [0.15, 0.2) is 0 Å². The standard InChI is InChI=1S/C42H42B2N2O4/c1-39(2)40(3,4)48-43(47-39)27-15-13-17-29(23-27)45-35-21-11-9-19-31(35)33-25-34-32-20-10-12-22-36(32)46(38(34)26-37(33)45)30-18-14-16-28(24-30)44-49-41(5,6)42(7,8)50-44/h9-26H,1-8H3. The van der Waals surface area contributed by atoms with Crippen LogP contribution in [-0.4, -0.2) is 45.8 Å². The molecule has 0 unspecified atom stereocenters. The van der Waals surface area contributed by atoms with Crippen LogP contribution in [-0.2, 0) is 18.6 Å². The number of para-hydroxylation sites is 2. The van der Waals surface area contributed by atoms with E-state index >= 15 is 0 Å². The Hall–Kier alpha value is -4.33. The lowest BCUT2D eigenvalue weighted by Crippen LogP contribution is -2.41. The van der Waals surface area contributed by atoms with Crippen LogP contribution in [0.2, 0.25) is 0 Å². The lowest BCUT2D eigenvalue weighted by atomic mass is 9.79. The average Bonchev–Trinajstić information content (AvgIpc) is 3.72. The van der Waals surface area contributed by atoms with Gasteiger partial charge in [-0.05, 0) is 115 Å². The summed E-state index contributed by atoms with van der Waals surface area (Å²) in [6.07, 6.45) is 0. The SMILES string of the molecule is CC1(C)OB(c2cccc(-n3c4ccccc4c4cc5c6ccccc6n(-c6cccc(B7OC(C)(C)C(C)(C)O7)c6)c5cc43)c2)OC1(C)C. The molecule has 4 heterocycles. The summed E-state index contributed by atoms with van der Waals surface area (Å²) in [7, 11) is -0.892. The third-order valence-corrected chi connectivity index (χ3v) is 11.8. The first kappa shape index (κ1) is 31.6. The second-order valence-corrected chi connectivity index (χ2v) is 16.0. The van der Waals surface area contributed by atoms with Gasteiger partial charge >= 0.3 is 14.2 Å². The highest BCUT2D eigenvalue weighted by atomic mass is 16.7. The quantitative estimate of drug-likeness (QED) is 0.178. The van der Waals surface area contributed by atoms with Crippen LogP contribution in [0.1, 0.15) is 55.4 Å². The van der Waals surface area contributed by atoms with Crippen molar-refractivity contribution in [3.63, 3.8) is 0 Å². The number of nitrogens with zero attached hydrogens (tertiary/aromatic N) is 2. The normalized spacial score (nSPS) is 19.4. The number of rotatable bonds is 4. The Morgan fingerprint density at radius 2 is 0.760 bits per heavy atom. The molecule has 0 bridgehead atoms. The van der Waals surface area contributed by atoms with Gasteiger partial charge in [0.1, 0.15) is 0 Å². The minimum absolute atomic E-state index is 0.417. The molecule has 5 aromatic carbocycles. The number of hydrogen-bond acceptors (Lipinski definition) is 4. The molecule has 0 amide bonds. The summed E-state index contributed by atoms with van der Waals surface area (Å²) in [4.78, 5) is 0. The average molecular weight is 660 g/mol. The lowest BCUT2D eigenvalue weighted by molar-refractivity contribution is 0.00578. The van der Waals surface area contributed by atoms with Crippen molar-refractivity contribution in [2.45, 2.75) is 77.8 Å². The van der Waals surface area contributed by atoms with Gasteiger partial charge < -0.3 is 27.8 Å². The highest BCUT2D eigenvalue weighted by Gasteiger charge is 2.52. The van der Waals surface area contributed by atoms with Crippen LogP contribution in [0.25, 0.3) is 55.0 Å². The van der Waals surface area contributed by atoms with E-state index in [9.17, 15) is 0 Å². The zero-order chi connectivity index (χ0) is 34.8. The summed E-state index contributed by atoms with van der Waals surface area (Å²) < 4.78 is 30.6. The van der Waals surface area contributed by atoms with Gasteiger partial charge in [-0.15, -0.1) is 0 Å². The molecule has 2 aliphatic heterocycles. The summed E-state index contributed by atoms with van der Waals surface area (Å²) in [6, 6.07) is 39.3. The van der Waals surface area contributed by atoms with Gasteiger partial charge in [0.05, 0.1) is 44.5 Å². The summed E-state index contributed by atoms with van der Waals surface area (Å²) >= 11 is 0. The number of benzene rings is 5. The first-order chi connectivity index (χ1) is 23.7. The van der Waals surface area contributed by atoms with Crippen molar-refractivity contribution in [2.24, 2.45) is 0 Å². The molecule has 0 saturated carbocycles. The molecule has 2 saturated heterocycles. The molecule has 0 atom stereocenters. The summed E-state index contributed by atoms with van der Waals surface area (Å²) in [6.45, 7) is 16.8. The molecule has 7 aromatic rings. The Bertz CT molecular complexity index is 2290. The molecule has 0 spiro atoms. The van der Waals surface area contributed by atoms with Crippen LogP contribution >= 0.6 is 0 Å². The Balaban J connectivity index is 1.25. The van der Waals surface area contributed by atoms with Gasteiger partial charge in [0, 0.05) is 32.9 Å². The van der Waals surface area contributed by atoms with Crippen molar-refractivity contribution in [1.29, 1.82) is 0 Å². The predicted octanol–water partition coefficient (Wildman–Crippen LogP) is 8.48. The van der Waals surface area contributed by atoms with E-state index in [1.165, 1.54) is 21.5 Å². The van der Waals surface area contributed by atoms with Gasteiger partial charge in [-0.25, -0.2) is 0 Å². The molecule has 8 heteroatoms. The molecule has 9 rings (SSSR count). The largest absolute Gasteiger partial charge is 0.494 e. The van der Waals surface area contributed by atoms with Gasteiger partial charge in [-0.2, -0.15) is 0 Å². The Kier molecular flexibility index (Phi) is 6.70. The van der Waals surface area contributed by atoms with E-state index in [-0.39, 0.29) is 0 Å². The third kappa shape index (κ3) is 4.59. The molecule has 250 valence electrons. The molecular weight excluding hydrogens is 618 g/mol. The number of fused-ring (bicyclic) bond motifs is 6. The summed E-state index contributed by atoms with van der Waals surface area (Å²) in [5.74, 6) is 0. The molecule has 0 aliphatic carbocycles. The topological polar surface area (TPSA) is 46.8 Å². The Morgan fingerprint density at radius 3 is 1.16 bits per heavy atom. The van der Waals surface area contributed by atoms with Gasteiger partial charge in [-0.1, -0.05) is 60.7 Å². The van der Waals surface area contributed by atoms with E-state index in [1.807, 2.05) is 0 Å². The van der Waals surface area contributed by atoms with Crippen molar-refractivity contribution in [2.75, 3.05) is 0 Å². The van der Waals surface area contributed by atoms with Gasteiger partial charge in [-0.3, -0.25) is 0 Å². The minimum Gasteiger partial charge on any atom is -0.399 e. The maximum absolute atomic E-state index is 6.47. The molecule has 2 fully saturated rings. The van der Waals surface area contributed by atoms with Crippen LogP contribution in [0, 0.1) is 0 Å². The molecule has 2 aromatic heterocycles. The maximum atomic E-state index is 6.47. The number of hydrogen-bond donors (Lipinski definition) is 0. The minimum atomic E-state index is -0.446. The monoisotopic (exact) mass is 660 g/mol. The molecular formula is C42H42B2N2O4. The van der Waals surface area contributed by atoms with Crippen LogP contribution < -0.4 is 10.9 Å². The zero-order valence-corrected chi connectivity index (χ0v) is 30.1. The Labute approximate surface area is 294 Å². The molecule has 50 heavy (non-hydrogen) atoms. The maximum Gasteiger partial charge on any atom is 0.494 e. The van der Waals surface area contributed by atoms with E-state index in [2.05, 4.69) is 174 Å². The van der Waals surface area contributed by atoms with Crippen molar-refractivity contribution in [3.05, 3.63) is 109 Å². The van der Waals surface area contributed by atoms with Crippen molar-refractivity contribution in [3.8, 4) is 11.4 Å². The van der Waals surface area contributed by atoms with Crippen LogP contribution in [0.4, 0.5) is 0 Å². The molecule has 0 N–H and O–H groups in total. The van der Waals surface area contributed by atoms with E-state index < -0.39 is 36.6 Å². The van der Waals surface area contributed by atoms with Crippen LogP contribution in [0.15, 0.2) is 109 Å². The molecule has 2 aliphatic rings. The lowest BCUT2D eigenvalue weighted by Gasteiger charge is -2.32. The highest BCUT2D eigenvalue weighted by molar-refractivity contribution is 6.62. The van der Waals surface area contributed by atoms with E-state index in [0.29, 0.717) is 0 Å². The first-order valence-electron chi connectivity index (χ1n) is 17.6. The fourth-order valence-electron chi connectivity index (χ4n) is 7.57. The van der Waals surface area contributed by atoms with E-state index in [1.54, 1.807) is 0 Å². The fraction of sp³-hybridized carbons (Fsp3) is 0.286. The zero-order valence-electron chi connectivity index (χ0n) is 30.1.